The highest BCUT2D eigenvalue weighted by atomic mass is 15.5. The van der Waals surface area contributed by atoms with Gasteiger partial charge < -0.3 is 10.6 Å². The van der Waals surface area contributed by atoms with Crippen molar-refractivity contribution < 1.29 is 0 Å². The molecule has 0 atom stereocenters. The molecule has 7 heteroatoms. The maximum absolute atomic E-state index is 4.05. The van der Waals surface area contributed by atoms with Gasteiger partial charge >= 0.3 is 0 Å². The van der Waals surface area contributed by atoms with Crippen LogP contribution in [0.25, 0.3) is 5.65 Å². The van der Waals surface area contributed by atoms with Crippen molar-refractivity contribution in [3.63, 3.8) is 0 Å². The number of anilines is 1. The fourth-order valence-corrected chi connectivity index (χ4v) is 1.35. The molecule has 0 spiro atoms. The van der Waals surface area contributed by atoms with E-state index in [4.69, 9.17) is 0 Å². The minimum absolute atomic E-state index is 0.490. The zero-order valence-electron chi connectivity index (χ0n) is 9.38. The summed E-state index contributed by atoms with van der Waals surface area (Å²) in [4.78, 5) is 4.05. The highest BCUT2D eigenvalue weighted by Gasteiger charge is 2.02. The quantitative estimate of drug-likeness (QED) is 0.688. The minimum Gasteiger partial charge on any atom is -0.367 e. The average molecular weight is 221 g/mol. The fourth-order valence-electron chi connectivity index (χ4n) is 1.35. The Morgan fingerprint density at radius 2 is 2.19 bits per heavy atom. The Bertz CT molecular complexity index is 450. The molecule has 2 heterocycles. The second-order valence-electron chi connectivity index (χ2n) is 3.78. The average Bonchev–Trinajstić information content (AvgIpc) is 2.72. The van der Waals surface area contributed by atoms with Gasteiger partial charge in [-0.2, -0.15) is 4.52 Å². The number of rotatable bonds is 5. The molecule has 2 aromatic rings. The number of nitrogens with zero attached hydrogens (tertiary/aromatic N) is 5. The normalized spacial score (nSPS) is 11.2. The Morgan fingerprint density at radius 3 is 3.00 bits per heavy atom. The third-order valence-corrected chi connectivity index (χ3v) is 2.09. The number of aromatic nitrogens is 5. The van der Waals surface area contributed by atoms with Crippen LogP contribution in [-0.2, 0) is 0 Å². The van der Waals surface area contributed by atoms with Gasteiger partial charge in [0.25, 0.3) is 0 Å². The largest absolute Gasteiger partial charge is 0.367 e. The zero-order valence-corrected chi connectivity index (χ0v) is 9.38. The maximum atomic E-state index is 4.05. The topological polar surface area (TPSA) is 80.0 Å². The number of hydrogen-bond acceptors (Lipinski definition) is 6. The Balaban J connectivity index is 1.96. The van der Waals surface area contributed by atoms with Gasteiger partial charge in [0.1, 0.15) is 5.82 Å². The van der Waals surface area contributed by atoms with E-state index in [1.165, 1.54) is 0 Å². The summed E-state index contributed by atoms with van der Waals surface area (Å²) in [6.45, 7) is 5.92. The molecule has 0 fully saturated rings. The van der Waals surface area contributed by atoms with Crippen LogP contribution < -0.4 is 10.6 Å². The van der Waals surface area contributed by atoms with Crippen molar-refractivity contribution in [1.29, 1.82) is 0 Å². The molecule has 0 saturated heterocycles. The van der Waals surface area contributed by atoms with Crippen molar-refractivity contribution >= 4 is 11.5 Å². The summed E-state index contributed by atoms with van der Waals surface area (Å²) in [6.07, 6.45) is 3.33. The fraction of sp³-hybridized carbons (Fsp3) is 0.556. The first-order chi connectivity index (χ1) is 7.77. The second-order valence-corrected chi connectivity index (χ2v) is 3.78. The van der Waals surface area contributed by atoms with Crippen molar-refractivity contribution in [3.8, 4) is 0 Å². The van der Waals surface area contributed by atoms with E-state index in [2.05, 4.69) is 45.0 Å². The van der Waals surface area contributed by atoms with Crippen LogP contribution in [-0.4, -0.2) is 44.2 Å². The Kier molecular flexibility index (Phi) is 3.25. The predicted molar refractivity (Wildman–Crippen MR) is 60.2 cm³/mol. The van der Waals surface area contributed by atoms with Gasteiger partial charge in [-0.05, 0) is 10.4 Å². The van der Waals surface area contributed by atoms with Gasteiger partial charge in [0.2, 0.25) is 0 Å². The molecule has 2 N–H and O–H groups in total. The number of tetrazole rings is 1. The molecular formula is C9H15N7. The standard InChI is InChI=1S/C9H15N7/c1-7(2)11-3-4-12-8-5-10-6-9-13-14-15-16(8)9/h5-7,11-12H,3-4H2,1-2H3. The van der Waals surface area contributed by atoms with Gasteiger partial charge in [-0.1, -0.05) is 13.8 Å². The van der Waals surface area contributed by atoms with Gasteiger partial charge in [0, 0.05) is 19.1 Å². The predicted octanol–water partition coefficient (Wildman–Crippen LogP) is -0.0708. The summed E-state index contributed by atoms with van der Waals surface area (Å²) >= 11 is 0. The van der Waals surface area contributed by atoms with Gasteiger partial charge in [0.15, 0.2) is 5.65 Å². The summed E-state index contributed by atoms with van der Waals surface area (Å²) in [5, 5.41) is 17.8. The molecule has 2 rings (SSSR count). The van der Waals surface area contributed by atoms with Gasteiger partial charge in [0.05, 0.1) is 12.4 Å². The summed E-state index contributed by atoms with van der Waals surface area (Å²) in [6, 6.07) is 0.490. The van der Waals surface area contributed by atoms with Gasteiger partial charge in [-0.3, -0.25) is 4.98 Å². The van der Waals surface area contributed by atoms with E-state index in [0.29, 0.717) is 11.7 Å². The van der Waals surface area contributed by atoms with Crippen LogP contribution in [0.5, 0.6) is 0 Å². The molecule has 16 heavy (non-hydrogen) atoms. The highest BCUT2D eigenvalue weighted by Crippen LogP contribution is 2.04. The maximum Gasteiger partial charge on any atom is 0.199 e. The van der Waals surface area contributed by atoms with Crippen LogP contribution in [0, 0.1) is 0 Å². The lowest BCUT2D eigenvalue weighted by Gasteiger charge is -2.09. The zero-order chi connectivity index (χ0) is 11.4. The third-order valence-electron chi connectivity index (χ3n) is 2.09. The van der Waals surface area contributed by atoms with Crippen molar-refractivity contribution in [3.05, 3.63) is 12.4 Å². The third kappa shape index (κ3) is 2.43. The van der Waals surface area contributed by atoms with E-state index >= 15 is 0 Å². The minimum atomic E-state index is 0.490. The number of nitrogens with one attached hydrogen (secondary N) is 2. The summed E-state index contributed by atoms with van der Waals surface area (Å²) in [7, 11) is 0. The molecule has 0 radical (unpaired) electrons. The van der Waals surface area contributed by atoms with Crippen LogP contribution in [0.1, 0.15) is 13.8 Å². The summed E-state index contributed by atoms with van der Waals surface area (Å²) < 4.78 is 1.63. The van der Waals surface area contributed by atoms with Crippen LogP contribution >= 0.6 is 0 Å². The molecule has 0 aliphatic carbocycles. The van der Waals surface area contributed by atoms with E-state index in [0.717, 1.165) is 18.9 Å². The van der Waals surface area contributed by atoms with Crippen molar-refractivity contribution in [2.24, 2.45) is 0 Å². The Labute approximate surface area is 93.3 Å². The SMILES string of the molecule is CC(C)NCCNc1cncc2nnnn12. The van der Waals surface area contributed by atoms with Crippen LogP contribution in [0.3, 0.4) is 0 Å². The Hall–Kier alpha value is -1.76. The molecule has 2 aromatic heterocycles. The smallest absolute Gasteiger partial charge is 0.199 e. The second kappa shape index (κ2) is 4.84. The van der Waals surface area contributed by atoms with Crippen LogP contribution in [0.2, 0.25) is 0 Å². The molecule has 0 aromatic carbocycles. The first-order valence-electron chi connectivity index (χ1n) is 5.27. The molecule has 0 unspecified atom stereocenters. The van der Waals surface area contributed by atoms with Crippen molar-refractivity contribution in [1.82, 2.24) is 30.3 Å². The van der Waals surface area contributed by atoms with Gasteiger partial charge in [-0.15, -0.1) is 5.10 Å². The molecule has 86 valence electrons. The molecule has 7 nitrogen and oxygen atoms in total. The number of fused-ring (bicyclic) bond motifs is 1. The van der Waals surface area contributed by atoms with Crippen molar-refractivity contribution in [2.75, 3.05) is 18.4 Å². The lowest BCUT2D eigenvalue weighted by Crippen LogP contribution is -2.28. The molecule has 0 aliphatic rings. The molecule has 0 aliphatic heterocycles. The van der Waals surface area contributed by atoms with Gasteiger partial charge in [-0.25, -0.2) is 0 Å². The van der Waals surface area contributed by atoms with Crippen LogP contribution in [0.4, 0.5) is 5.82 Å². The van der Waals surface area contributed by atoms with E-state index in [-0.39, 0.29) is 0 Å². The van der Waals surface area contributed by atoms with E-state index < -0.39 is 0 Å². The first kappa shape index (κ1) is 10.7. The summed E-state index contributed by atoms with van der Waals surface area (Å²) in [5.41, 5.74) is 0.641. The Morgan fingerprint density at radius 1 is 1.31 bits per heavy atom. The summed E-state index contributed by atoms with van der Waals surface area (Å²) in [5.74, 6) is 0.799. The molecule has 0 saturated carbocycles. The molecule has 0 amide bonds. The van der Waals surface area contributed by atoms with E-state index in [9.17, 15) is 0 Å². The molecule has 0 bridgehead atoms. The number of hydrogen-bond donors (Lipinski definition) is 2. The lowest BCUT2D eigenvalue weighted by atomic mass is 10.4. The van der Waals surface area contributed by atoms with E-state index in [1.54, 1.807) is 16.9 Å². The highest BCUT2D eigenvalue weighted by molar-refractivity contribution is 5.43. The monoisotopic (exact) mass is 221 g/mol. The first-order valence-corrected chi connectivity index (χ1v) is 5.27. The van der Waals surface area contributed by atoms with Crippen LogP contribution in [0.15, 0.2) is 12.4 Å². The van der Waals surface area contributed by atoms with Crippen molar-refractivity contribution in [2.45, 2.75) is 19.9 Å². The molecular weight excluding hydrogens is 206 g/mol. The lowest BCUT2D eigenvalue weighted by molar-refractivity contribution is 0.601. The van der Waals surface area contributed by atoms with E-state index in [1.807, 2.05) is 0 Å².